The van der Waals surface area contributed by atoms with Crippen molar-refractivity contribution in [2.75, 3.05) is 23.9 Å². The number of aliphatic hydroxyl groups excluding tert-OH is 2. The van der Waals surface area contributed by atoms with Crippen molar-refractivity contribution in [2.45, 2.75) is 32.4 Å². The molecule has 9 heteroatoms. The van der Waals surface area contributed by atoms with Crippen molar-refractivity contribution in [3.8, 4) is 0 Å². The largest absolute Gasteiger partial charge is 0.394 e. The lowest BCUT2D eigenvalue weighted by Gasteiger charge is -2.26. The van der Waals surface area contributed by atoms with Gasteiger partial charge in [-0.25, -0.2) is 0 Å². The van der Waals surface area contributed by atoms with E-state index in [1.807, 2.05) is 0 Å². The Labute approximate surface area is 123 Å². The molecule has 0 saturated heterocycles. The Hall–Kier alpha value is -0.350. The SMILES string of the molecule is CC(CSCC(O)CO)C(=O)NC(C)(C)CS(=O)(=O)O. The molecule has 4 N–H and O–H groups in total. The highest BCUT2D eigenvalue weighted by molar-refractivity contribution is 7.99. The van der Waals surface area contributed by atoms with Crippen LogP contribution in [0.15, 0.2) is 0 Å². The number of hydrogen-bond donors (Lipinski definition) is 4. The van der Waals surface area contributed by atoms with Crippen LogP contribution in [0.4, 0.5) is 0 Å². The summed E-state index contributed by atoms with van der Waals surface area (Å²) < 4.78 is 30.5. The maximum Gasteiger partial charge on any atom is 0.267 e. The van der Waals surface area contributed by atoms with Gasteiger partial charge in [-0.2, -0.15) is 20.2 Å². The number of carbonyl (C=O) groups excluding carboxylic acids is 1. The van der Waals surface area contributed by atoms with Gasteiger partial charge in [-0.15, -0.1) is 0 Å². The third kappa shape index (κ3) is 9.54. The van der Waals surface area contributed by atoms with Gasteiger partial charge >= 0.3 is 0 Å². The van der Waals surface area contributed by atoms with Crippen LogP contribution in [0.2, 0.25) is 0 Å². The molecule has 0 aliphatic rings. The molecule has 20 heavy (non-hydrogen) atoms. The van der Waals surface area contributed by atoms with Gasteiger partial charge in [-0.1, -0.05) is 6.92 Å². The molecule has 7 nitrogen and oxygen atoms in total. The van der Waals surface area contributed by atoms with Crippen molar-refractivity contribution in [1.29, 1.82) is 0 Å². The lowest BCUT2D eigenvalue weighted by Crippen LogP contribution is -2.50. The van der Waals surface area contributed by atoms with Gasteiger partial charge in [0.2, 0.25) is 5.91 Å². The number of amides is 1. The maximum absolute atomic E-state index is 11.9. The number of aliphatic hydroxyl groups is 2. The van der Waals surface area contributed by atoms with Crippen LogP contribution >= 0.6 is 11.8 Å². The molecule has 0 fully saturated rings. The quantitative estimate of drug-likeness (QED) is 0.420. The zero-order valence-corrected chi connectivity index (χ0v) is 13.5. The van der Waals surface area contributed by atoms with Crippen LogP contribution in [0.1, 0.15) is 20.8 Å². The second-order valence-electron chi connectivity index (χ2n) is 5.37. The molecule has 0 aromatic carbocycles. The van der Waals surface area contributed by atoms with E-state index in [0.29, 0.717) is 11.5 Å². The predicted octanol–water partition coefficient (Wildman–Crippen LogP) is -0.508. The monoisotopic (exact) mass is 329 g/mol. The fraction of sp³-hybridized carbons (Fsp3) is 0.909. The summed E-state index contributed by atoms with van der Waals surface area (Å²) in [5.41, 5.74) is -1.06. The third-order valence-corrected chi connectivity index (χ3v) is 4.78. The van der Waals surface area contributed by atoms with Crippen molar-refractivity contribution in [3.63, 3.8) is 0 Å². The molecule has 1 amide bonds. The molecule has 0 aliphatic heterocycles. The van der Waals surface area contributed by atoms with E-state index in [-0.39, 0.29) is 18.4 Å². The van der Waals surface area contributed by atoms with Gasteiger partial charge in [0.15, 0.2) is 0 Å². The maximum atomic E-state index is 11.9. The van der Waals surface area contributed by atoms with Gasteiger partial charge in [0.25, 0.3) is 10.1 Å². The standard InChI is InChI=1S/C11H23NO6S2/c1-8(5-19-6-9(14)4-13)10(15)12-11(2,3)7-20(16,17)18/h8-9,13-14H,4-7H2,1-3H3,(H,12,15)(H,16,17,18). The minimum Gasteiger partial charge on any atom is -0.394 e. The Morgan fingerprint density at radius 3 is 2.35 bits per heavy atom. The first kappa shape index (κ1) is 19.7. The van der Waals surface area contributed by atoms with Gasteiger partial charge in [-0.3, -0.25) is 9.35 Å². The number of nitrogens with one attached hydrogen (secondary N) is 1. The first-order valence-corrected chi connectivity index (χ1v) is 8.87. The van der Waals surface area contributed by atoms with Crippen LogP contribution in [0.5, 0.6) is 0 Å². The molecule has 2 atom stereocenters. The normalized spacial score (nSPS) is 15.7. The molecule has 0 heterocycles. The number of carbonyl (C=O) groups is 1. The molecule has 0 bridgehead atoms. The number of thioether (sulfide) groups is 1. The fourth-order valence-electron chi connectivity index (χ4n) is 1.46. The molecule has 2 unspecified atom stereocenters. The Bertz CT molecular complexity index is 409. The van der Waals surface area contributed by atoms with Crippen LogP contribution in [0.25, 0.3) is 0 Å². The topological polar surface area (TPSA) is 124 Å². The summed E-state index contributed by atoms with van der Waals surface area (Å²) in [6.45, 7) is 4.37. The smallest absolute Gasteiger partial charge is 0.267 e. The van der Waals surface area contributed by atoms with Gasteiger partial charge in [0.05, 0.1) is 24.0 Å². The molecular formula is C11H23NO6S2. The second-order valence-corrected chi connectivity index (χ2v) is 7.90. The van der Waals surface area contributed by atoms with Gasteiger partial charge < -0.3 is 15.5 Å². The van der Waals surface area contributed by atoms with Crippen molar-refractivity contribution in [3.05, 3.63) is 0 Å². The summed E-state index contributed by atoms with van der Waals surface area (Å²) >= 11 is 1.32. The fourth-order valence-corrected chi connectivity index (χ4v) is 3.46. The Morgan fingerprint density at radius 2 is 1.90 bits per heavy atom. The van der Waals surface area contributed by atoms with E-state index in [9.17, 15) is 13.2 Å². The van der Waals surface area contributed by atoms with Gasteiger partial charge in [0, 0.05) is 17.4 Å². The second kappa shape index (κ2) is 8.18. The molecule has 120 valence electrons. The summed E-state index contributed by atoms with van der Waals surface area (Å²) in [7, 11) is -4.17. The lowest BCUT2D eigenvalue weighted by atomic mass is 10.1. The van der Waals surface area contributed by atoms with E-state index in [1.165, 1.54) is 25.6 Å². The van der Waals surface area contributed by atoms with Crippen LogP contribution < -0.4 is 5.32 Å². The average Bonchev–Trinajstić information content (AvgIpc) is 2.24. The first-order valence-electron chi connectivity index (χ1n) is 6.10. The molecule has 0 saturated carbocycles. The van der Waals surface area contributed by atoms with E-state index in [4.69, 9.17) is 14.8 Å². The molecule has 0 aromatic rings. The highest BCUT2D eigenvalue weighted by Gasteiger charge is 2.28. The Balaban J connectivity index is 4.25. The summed E-state index contributed by atoms with van der Waals surface area (Å²) in [6, 6.07) is 0. The average molecular weight is 329 g/mol. The van der Waals surface area contributed by atoms with E-state index in [2.05, 4.69) is 5.32 Å². The van der Waals surface area contributed by atoms with E-state index in [1.54, 1.807) is 6.92 Å². The molecular weight excluding hydrogens is 306 g/mol. The molecule has 0 spiro atoms. The highest BCUT2D eigenvalue weighted by atomic mass is 32.2. The minimum absolute atomic E-state index is 0.322. The van der Waals surface area contributed by atoms with E-state index >= 15 is 0 Å². The van der Waals surface area contributed by atoms with Crippen LogP contribution in [0, 0.1) is 5.92 Å². The van der Waals surface area contributed by atoms with Crippen molar-refractivity contribution >= 4 is 27.8 Å². The van der Waals surface area contributed by atoms with E-state index < -0.39 is 27.5 Å². The van der Waals surface area contributed by atoms with Crippen LogP contribution in [-0.4, -0.2) is 64.6 Å². The summed E-state index contributed by atoms with van der Waals surface area (Å²) in [5, 5.41) is 20.4. The third-order valence-electron chi connectivity index (χ3n) is 2.34. The van der Waals surface area contributed by atoms with E-state index in [0.717, 1.165) is 0 Å². The Morgan fingerprint density at radius 1 is 1.35 bits per heavy atom. The number of rotatable bonds is 9. The lowest BCUT2D eigenvalue weighted by molar-refractivity contribution is -0.125. The molecule has 0 aliphatic carbocycles. The summed E-state index contributed by atoms with van der Waals surface area (Å²) in [5.74, 6) is -0.515. The van der Waals surface area contributed by atoms with Gasteiger partial charge in [0.1, 0.15) is 0 Å². The predicted molar refractivity (Wildman–Crippen MR) is 78.2 cm³/mol. The summed E-state index contributed by atoms with van der Waals surface area (Å²) in [6.07, 6.45) is -0.814. The van der Waals surface area contributed by atoms with Crippen LogP contribution in [0.3, 0.4) is 0 Å². The summed E-state index contributed by atoms with van der Waals surface area (Å²) in [4.78, 5) is 11.9. The highest BCUT2D eigenvalue weighted by Crippen LogP contribution is 2.13. The number of hydrogen-bond acceptors (Lipinski definition) is 6. The molecule has 0 radical (unpaired) electrons. The van der Waals surface area contributed by atoms with Gasteiger partial charge in [-0.05, 0) is 13.8 Å². The molecule has 0 rings (SSSR count). The zero-order chi connectivity index (χ0) is 16.0. The van der Waals surface area contributed by atoms with Crippen LogP contribution in [-0.2, 0) is 14.9 Å². The first-order chi connectivity index (χ1) is 8.97. The molecule has 0 aromatic heterocycles. The van der Waals surface area contributed by atoms with Crippen molar-refractivity contribution in [1.82, 2.24) is 5.32 Å². The Kier molecular flexibility index (Phi) is 8.04. The van der Waals surface area contributed by atoms with Crippen molar-refractivity contribution in [2.24, 2.45) is 5.92 Å². The zero-order valence-electron chi connectivity index (χ0n) is 11.9. The minimum atomic E-state index is -4.17. The van der Waals surface area contributed by atoms with Crippen molar-refractivity contribution < 1.29 is 28.0 Å².